The zero-order valence-electron chi connectivity index (χ0n) is 11.1. The van der Waals surface area contributed by atoms with Crippen molar-refractivity contribution in [1.29, 1.82) is 0 Å². The fourth-order valence-corrected chi connectivity index (χ4v) is 3.01. The molecule has 18 heavy (non-hydrogen) atoms. The van der Waals surface area contributed by atoms with E-state index in [1.807, 2.05) is 0 Å². The van der Waals surface area contributed by atoms with E-state index in [1.165, 1.54) is 50.5 Å². The summed E-state index contributed by atoms with van der Waals surface area (Å²) in [5.74, 6) is 1.64. The highest BCUT2D eigenvalue weighted by Gasteiger charge is 2.21. The summed E-state index contributed by atoms with van der Waals surface area (Å²) < 4.78 is 0. The number of benzene rings is 1. The molecular formula is C16H24N2. The van der Waals surface area contributed by atoms with Gasteiger partial charge in [-0.3, -0.25) is 0 Å². The van der Waals surface area contributed by atoms with E-state index < -0.39 is 0 Å². The third kappa shape index (κ3) is 2.80. The molecule has 2 saturated carbocycles. The molecule has 2 nitrogen and oxygen atoms in total. The van der Waals surface area contributed by atoms with Gasteiger partial charge in [0, 0.05) is 6.54 Å². The third-order valence-electron chi connectivity index (χ3n) is 4.43. The summed E-state index contributed by atoms with van der Waals surface area (Å²) in [7, 11) is 0. The predicted octanol–water partition coefficient (Wildman–Crippen LogP) is 4.14. The van der Waals surface area contributed by atoms with Crippen LogP contribution in [0.25, 0.3) is 0 Å². The summed E-state index contributed by atoms with van der Waals surface area (Å²) in [6.07, 6.45) is 9.62. The molecule has 0 amide bonds. The maximum absolute atomic E-state index is 6.17. The Balaban J connectivity index is 1.66. The largest absolute Gasteiger partial charge is 0.397 e. The fraction of sp³-hybridized carbons (Fsp3) is 0.625. The molecule has 0 heterocycles. The molecule has 0 aromatic heterocycles. The second kappa shape index (κ2) is 5.21. The summed E-state index contributed by atoms with van der Waals surface area (Å²) in [5, 5.41) is 3.48. The summed E-state index contributed by atoms with van der Waals surface area (Å²) in [6.45, 7) is 1.09. The number of hydrogen-bond acceptors (Lipinski definition) is 2. The van der Waals surface area contributed by atoms with Crippen molar-refractivity contribution in [2.45, 2.75) is 50.9 Å². The van der Waals surface area contributed by atoms with Gasteiger partial charge in [-0.2, -0.15) is 0 Å². The number of nitrogens with one attached hydrogen (secondary N) is 1. The Labute approximate surface area is 110 Å². The fourth-order valence-electron chi connectivity index (χ4n) is 3.01. The minimum absolute atomic E-state index is 0.749. The first kappa shape index (κ1) is 11.9. The Hall–Kier alpha value is -1.18. The van der Waals surface area contributed by atoms with E-state index in [0.717, 1.165) is 29.8 Å². The van der Waals surface area contributed by atoms with Gasteiger partial charge in [0.1, 0.15) is 0 Å². The zero-order chi connectivity index (χ0) is 12.4. The topological polar surface area (TPSA) is 38.0 Å². The second-order valence-electron chi connectivity index (χ2n) is 6.01. The second-order valence-corrected chi connectivity index (χ2v) is 6.01. The molecule has 0 bridgehead atoms. The van der Waals surface area contributed by atoms with Gasteiger partial charge in [0.25, 0.3) is 0 Å². The monoisotopic (exact) mass is 244 g/mol. The molecule has 1 aromatic carbocycles. The van der Waals surface area contributed by atoms with Crippen LogP contribution in [0, 0.1) is 5.92 Å². The Bertz CT molecular complexity index is 404. The van der Waals surface area contributed by atoms with Crippen molar-refractivity contribution in [2.75, 3.05) is 17.6 Å². The molecular weight excluding hydrogens is 220 g/mol. The molecule has 2 heteroatoms. The van der Waals surface area contributed by atoms with E-state index in [0.29, 0.717) is 0 Å². The number of hydrogen-bond donors (Lipinski definition) is 2. The smallest absolute Gasteiger partial charge is 0.0574 e. The first-order valence-corrected chi connectivity index (χ1v) is 7.46. The molecule has 1 aromatic rings. The van der Waals surface area contributed by atoms with Gasteiger partial charge in [0.2, 0.25) is 0 Å². The Morgan fingerprint density at radius 3 is 2.50 bits per heavy atom. The number of anilines is 2. The highest BCUT2D eigenvalue weighted by Crippen LogP contribution is 2.35. The van der Waals surface area contributed by atoms with Crippen LogP contribution in [0.1, 0.15) is 56.4 Å². The van der Waals surface area contributed by atoms with Gasteiger partial charge in [0.05, 0.1) is 11.4 Å². The minimum atomic E-state index is 0.749. The normalized spacial score (nSPS) is 20.9. The average molecular weight is 244 g/mol. The molecule has 3 rings (SSSR count). The summed E-state index contributed by atoms with van der Waals surface area (Å²) >= 11 is 0. The Morgan fingerprint density at radius 1 is 1.06 bits per heavy atom. The van der Waals surface area contributed by atoms with Crippen LogP contribution >= 0.6 is 0 Å². The highest BCUT2D eigenvalue weighted by molar-refractivity contribution is 5.67. The lowest BCUT2D eigenvalue weighted by Gasteiger charge is -2.22. The first-order valence-electron chi connectivity index (χ1n) is 7.46. The van der Waals surface area contributed by atoms with Crippen molar-refractivity contribution < 1.29 is 0 Å². The molecule has 0 unspecified atom stereocenters. The van der Waals surface area contributed by atoms with E-state index >= 15 is 0 Å². The van der Waals surface area contributed by atoms with Gasteiger partial charge in [-0.1, -0.05) is 25.3 Å². The van der Waals surface area contributed by atoms with Gasteiger partial charge in [-0.15, -0.1) is 0 Å². The summed E-state index contributed by atoms with van der Waals surface area (Å²) in [4.78, 5) is 0. The molecule has 2 aliphatic rings. The maximum Gasteiger partial charge on any atom is 0.0574 e. The third-order valence-corrected chi connectivity index (χ3v) is 4.43. The molecule has 98 valence electrons. The lowest BCUT2D eigenvalue weighted by molar-refractivity contribution is 0.444. The van der Waals surface area contributed by atoms with Crippen LogP contribution in [0.2, 0.25) is 0 Å². The molecule has 0 atom stereocenters. The van der Waals surface area contributed by atoms with Crippen LogP contribution in [0.4, 0.5) is 11.4 Å². The van der Waals surface area contributed by atoms with Gasteiger partial charge in [0.15, 0.2) is 0 Å². The van der Waals surface area contributed by atoms with Gasteiger partial charge in [-0.25, -0.2) is 0 Å². The van der Waals surface area contributed by atoms with Crippen molar-refractivity contribution in [2.24, 2.45) is 5.92 Å². The zero-order valence-corrected chi connectivity index (χ0v) is 11.1. The predicted molar refractivity (Wildman–Crippen MR) is 77.9 cm³/mol. The number of nitrogen functional groups attached to an aromatic ring is 1. The standard InChI is InChI=1S/C16H24N2/c17-15-10-14(13-4-2-1-3-5-13)8-9-16(15)18-11-12-6-7-12/h8-10,12-13,18H,1-7,11,17H2. The summed E-state index contributed by atoms with van der Waals surface area (Å²) in [5.41, 5.74) is 9.68. The van der Waals surface area contributed by atoms with Crippen molar-refractivity contribution in [3.8, 4) is 0 Å². The maximum atomic E-state index is 6.17. The van der Waals surface area contributed by atoms with Crippen molar-refractivity contribution >= 4 is 11.4 Å². The van der Waals surface area contributed by atoms with Crippen LogP contribution in [-0.2, 0) is 0 Å². The quantitative estimate of drug-likeness (QED) is 0.781. The van der Waals surface area contributed by atoms with Crippen LogP contribution in [0.5, 0.6) is 0 Å². The molecule has 2 aliphatic carbocycles. The molecule has 2 fully saturated rings. The van der Waals surface area contributed by atoms with E-state index in [1.54, 1.807) is 0 Å². The minimum Gasteiger partial charge on any atom is -0.397 e. The van der Waals surface area contributed by atoms with E-state index in [4.69, 9.17) is 5.73 Å². The van der Waals surface area contributed by atoms with E-state index in [9.17, 15) is 0 Å². The van der Waals surface area contributed by atoms with Crippen LogP contribution in [0.3, 0.4) is 0 Å². The lowest BCUT2D eigenvalue weighted by atomic mass is 9.84. The first-order chi connectivity index (χ1) is 8.83. The molecule has 0 radical (unpaired) electrons. The van der Waals surface area contributed by atoms with Crippen molar-refractivity contribution in [3.63, 3.8) is 0 Å². The Morgan fingerprint density at radius 2 is 1.83 bits per heavy atom. The van der Waals surface area contributed by atoms with Gasteiger partial charge < -0.3 is 11.1 Å². The number of rotatable bonds is 4. The summed E-state index contributed by atoms with van der Waals surface area (Å²) in [6, 6.07) is 6.66. The molecule has 0 saturated heterocycles. The molecule has 3 N–H and O–H groups in total. The van der Waals surface area contributed by atoms with Gasteiger partial charge >= 0.3 is 0 Å². The SMILES string of the molecule is Nc1cc(C2CCCCC2)ccc1NCC1CC1. The van der Waals surface area contributed by atoms with E-state index in [2.05, 4.69) is 23.5 Å². The van der Waals surface area contributed by atoms with Gasteiger partial charge in [-0.05, 0) is 55.2 Å². The molecule has 0 aliphatic heterocycles. The van der Waals surface area contributed by atoms with Crippen molar-refractivity contribution in [3.05, 3.63) is 23.8 Å². The number of nitrogens with two attached hydrogens (primary N) is 1. The highest BCUT2D eigenvalue weighted by atomic mass is 14.9. The van der Waals surface area contributed by atoms with Crippen LogP contribution < -0.4 is 11.1 Å². The lowest BCUT2D eigenvalue weighted by Crippen LogP contribution is -2.08. The van der Waals surface area contributed by atoms with Crippen LogP contribution in [-0.4, -0.2) is 6.54 Å². The molecule has 0 spiro atoms. The Kier molecular flexibility index (Phi) is 3.44. The van der Waals surface area contributed by atoms with E-state index in [-0.39, 0.29) is 0 Å². The van der Waals surface area contributed by atoms with Crippen molar-refractivity contribution in [1.82, 2.24) is 0 Å². The average Bonchev–Trinajstić information content (AvgIpc) is 3.22. The van der Waals surface area contributed by atoms with Crippen LogP contribution in [0.15, 0.2) is 18.2 Å².